The SMILES string of the molecule is CC(C)(C)OC(=O)NCc1cccc(NCc2ccccc2C#N)c1. The van der Waals surface area contributed by atoms with Crippen LogP contribution in [0.5, 0.6) is 0 Å². The summed E-state index contributed by atoms with van der Waals surface area (Å²) in [6.45, 7) is 6.44. The first-order valence-corrected chi connectivity index (χ1v) is 8.15. The van der Waals surface area contributed by atoms with Gasteiger partial charge < -0.3 is 15.4 Å². The standard InChI is InChI=1S/C20H23N3O2/c1-20(2,3)25-19(24)23-13-15-7-6-10-18(11-15)22-14-17-9-5-4-8-16(17)12-21/h4-11,22H,13-14H2,1-3H3,(H,23,24). The van der Waals surface area contributed by atoms with Crippen LogP contribution in [0.4, 0.5) is 10.5 Å². The first-order chi connectivity index (χ1) is 11.9. The van der Waals surface area contributed by atoms with E-state index in [2.05, 4.69) is 16.7 Å². The Labute approximate surface area is 148 Å². The Morgan fingerprint density at radius 3 is 2.60 bits per heavy atom. The lowest BCUT2D eigenvalue weighted by molar-refractivity contribution is 0.0523. The maximum atomic E-state index is 11.7. The molecule has 2 aromatic rings. The van der Waals surface area contributed by atoms with E-state index in [-0.39, 0.29) is 0 Å². The van der Waals surface area contributed by atoms with E-state index in [0.717, 1.165) is 16.8 Å². The molecule has 0 aliphatic rings. The van der Waals surface area contributed by atoms with Crippen molar-refractivity contribution >= 4 is 11.8 Å². The zero-order valence-electron chi connectivity index (χ0n) is 14.8. The predicted octanol–water partition coefficient (Wildman–Crippen LogP) is 4.20. The molecular weight excluding hydrogens is 314 g/mol. The number of benzene rings is 2. The van der Waals surface area contributed by atoms with E-state index in [4.69, 9.17) is 10.00 Å². The number of carbonyl (C=O) groups is 1. The highest BCUT2D eigenvalue weighted by atomic mass is 16.6. The van der Waals surface area contributed by atoms with E-state index in [1.165, 1.54) is 0 Å². The molecule has 2 aromatic carbocycles. The van der Waals surface area contributed by atoms with E-state index in [1.54, 1.807) is 6.07 Å². The van der Waals surface area contributed by atoms with Crippen LogP contribution in [0.2, 0.25) is 0 Å². The number of ether oxygens (including phenoxy) is 1. The second kappa shape index (κ2) is 8.20. The number of alkyl carbamates (subject to hydrolysis) is 1. The molecule has 2 rings (SSSR count). The zero-order valence-corrected chi connectivity index (χ0v) is 14.8. The lowest BCUT2D eigenvalue weighted by atomic mass is 10.1. The maximum absolute atomic E-state index is 11.7. The Kier molecular flexibility index (Phi) is 6.02. The third-order valence-corrected chi connectivity index (χ3v) is 3.38. The van der Waals surface area contributed by atoms with Crippen LogP contribution in [0.1, 0.15) is 37.5 Å². The molecule has 2 N–H and O–H groups in total. The van der Waals surface area contributed by atoms with Gasteiger partial charge >= 0.3 is 6.09 Å². The number of anilines is 1. The highest BCUT2D eigenvalue weighted by molar-refractivity contribution is 5.67. The summed E-state index contributed by atoms with van der Waals surface area (Å²) in [5.74, 6) is 0. The Morgan fingerprint density at radius 1 is 1.12 bits per heavy atom. The van der Waals surface area contributed by atoms with Crippen LogP contribution < -0.4 is 10.6 Å². The van der Waals surface area contributed by atoms with Gasteiger partial charge in [-0.2, -0.15) is 5.26 Å². The summed E-state index contributed by atoms with van der Waals surface area (Å²) in [5.41, 5.74) is 2.99. The topological polar surface area (TPSA) is 74.2 Å². The van der Waals surface area contributed by atoms with Gasteiger partial charge in [-0.15, -0.1) is 0 Å². The fraction of sp³-hybridized carbons (Fsp3) is 0.300. The van der Waals surface area contributed by atoms with E-state index < -0.39 is 11.7 Å². The van der Waals surface area contributed by atoms with Crippen LogP contribution >= 0.6 is 0 Å². The molecule has 0 heterocycles. The molecule has 0 spiro atoms. The van der Waals surface area contributed by atoms with Crippen molar-refractivity contribution in [1.29, 1.82) is 5.26 Å². The van der Waals surface area contributed by atoms with Gasteiger partial charge in [0.15, 0.2) is 0 Å². The minimum atomic E-state index is -0.512. The predicted molar refractivity (Wildman–Crippen MR) is 98.0 cm³/mol. The fourth-order valence-corrected chi connectivity index (χ4v) is 2.26. The number of hydrogen-bond donors (Lipinski definition) is 2. The quantitative estimate of drug-likeness (QED) is 0.858. The van der Waals surface area contributed by atoms with Crippen LogP contribution in [0, 0.1) is 11.3 Å². The number of nitrogens with one attached hydrogen (secondary N) is 2. The number of hydrogen-bond acceptors (Lipinski definition) is 4. The Morgan fingerprint density at radius 2 is 1.88 bits per heavy atom. The van der Waals surface area contributed by atoms with Crippen molar-refractivity contribution in [3.8, 4) is 6.07 Å². The molecular formula is C20H23N3O2. The number of carbonyl (C=O) groups excluding carboxylic acids is 1. The molecule has 5 heteroatoms. The molecule has 0 atom stereocenters. The van der Waals surface area contributed by atoms with Gasteiger partial charge in [0.25, 0.3) is 0 Å². The second-order valence-corrected chi connectivity index (χ2v) is 6.68. The van der Waals surface area contributed by atoms with Crippen LogP contribution in [0.15, 0.2) is 48.5 Å². The molecule has 5 nitrogen and oxygen atoms in total. The molecule has 0 saturated carbocycles. The van der Waals surface area contributed by atoms with Gasteiger partial charge in [-0.25, -0.2) is 4.79 Å². The Balaban J connectivity index is 1.93. The largest absolute Gasteiger partial charge is 0.444 e. The van der Waals surface area contributed by atoms with Crippen molar-refractivity contribution in [2.75, 3.05) is 5.32 Å². The second-order valence-electron chi connectivity index (χ2n) is 6.68. The summed E-state index contributed by atoms with van der Waals surface area (Å²) >= 11 is 0. The Bertz CT molecular complexity index is 773. The summed E-state index contributed by atoms with van der Waals surface area (Å²) in [5, 5.41) is 15.2. The third kappa shape index (κ3) is 6.19. The molecule has 0 aliphatic heterocycles. The van der Waals surface area contributed by atoms with Gasteiger partial charge in [0, 0.05) is 18.8 Å². The van der Waals surface area contributed by atoms with Crippen LogP contribution in [0.3, 0.4) is 0 Å². The van der Waals surface area contributed by atoms with Crippen LogP contribution in [0.25, 0.3) is 0 Å². The van der Waals surface area contributed by atoms with E-state index >= 15 is 0 Å². The summed E-state index contributed by atoms with van der Waals surface area (Å²) in [6.07, 6.45) is -0.436. The molecule has 0 aliphatic carbocycles. The summed E-state index contributed by atoms with van der Waals surface area (Å²) < 4.78 is 5.22. The monoisotopic (exact) mass is 337 g/mol. The first-order valence-electron chi connectivity index (χ1n) is 8.15. The number of nitriles is 1. The van der Waals surface area contributed by atoms with Crippen molar-refractivity contribution < 1.29 is 9.53 Å². The smallest absolute Gasteiger partial charge is 0.407 e. The summed E-state index contributed by atoms with van der Waals surface area (Å²) in [7, 11) is 0. The van der Waals surface area contributed by atoms with Crippen LogP contribution in [-0.4, -0.2) is 11.7 Å². The molecule has 0 saturated heterocycles. The van der Waals surface area contributed by atoms with Crippen molar-refractivity contribution in [1.82, 2.24) is 5.32 Å². The van der Waals surface area contributed by atoms with E-state index in [1.807, 2.05) is 63.2 Å². The molecule has 25 heavy (non-hydrogen) atoms. The van der Waals surface area contributed by atoms with Gasteiger partial charge in [0.2, 0.25) is 0 Å². The lowest BCUT2D eigenvalue weighted by Crippen LogP contribution is -2.32. The molecule has 0 aromatic heterocycles. The van der Waals surface area contributed by atoms with Crippen molar-refractivity contribution in [2.45, 2.75) is 39.5 Å². The van der Waals surface area contributed by atoms with Crippen molar-refractivity contribution in [3.63, 3.8) is 0 Å². The third-order valence-electron chi connectivity index (χ3n) is 3.38. The minimum Gasteiger partial charge on any atom is -0.444 e. The van der Waals surface area contributed by atoms with Gasteiger partial charge in [-0.1, -0.05) is 30.3 Å². The molecule has 130 valence electrons. The van der Waals surface area contributed by atoms with Crippen molar-refractivity contribution in [2.24, 2.45) is 0 Å². The van der Waals surface area contributed by atoms with E-state index in [9.17, 15) is 4.79 Å². The van der Waals surface area contributed by atoms with Gasteiger partial charge in [-0.3, -0.25) is 0 Å². The van der Waals surface area contributed by atoms with Gasteiger partial charge in [0.1, 0.15) is 5.60 Å². The summed E-state index contributed by atoms with van der Waals surface area (Å²) in [6, 6.07) is 17.5. The summed E-state index contributed by atoms with van der Waals surface area (Å²) in [4.78, 5) is 11.7. The van der Waals surface area contributed by atoms with Gasteiger partial charge in [0.05, 0.1) is 11.6 Å². The average Bonchev–Trinajstić information content (AvgIpc) is 2.57. The molecule has 0 fully saturated rings. The molecule has 1 amide bonds. The Hall–Kier alpha value is -3.00. The van der Waals surface area contributed by atoms with Crippen LogP contribution in [-0.2, 0) is 17.8 Å². The highest BCUT2D eigenvalue weighted by Gasteiger charge is 2.15. The highest BCUT2D eigenvalue weighted by Crippen LogP contribution is 2.14. The van der Waals surface area contributed by atoms with E-state index in [0.29, 0.717) is 18.7 Å². The van der Waals surface area contributed by atoms with Crippen molar-refractivity contribution in [3.05, 3.63) is 65.2 Å². The normalized spacial score (nSPS) is 10.6. The maximum Gasteiger partial charge on any atom is 0.407 e. The molecule has 0 unspecified atom stereocenters. The number of nitrogens with zero attached hydrogens (tertiary/aromatic N) is 1. The molecule has 0 radical (unpaired) electrons. The first kappa shape index (κ1) is 18.3. The minimum absolute atomic E-state index is 0.388. The average molecular weight is 337 g/mol. The molecule has 0 bridgehead atoms. The lowest BCUT2D eigenvalue weighted by Gasteiger charge is -2.19. The zero-order chi connectivity index (χ0) is 18.3. The van der Waals surface area contributed by atoms with Gasteiger partial charge in [-0.05, 0) is 50.1 Å². The fourth-order valence-electron chi connectivity index (χ4n) is 2.26. The number of rotatable bonds is 5. The number of amides is 1.